The van der Waals surface area contributed by atoms with Crippen LogP contribution in [-0.2, 0) is 10.0 Å². The van der Waals surface area contributed by atoms with Crippen LogP contribution in [0.3, 0.4) is 0 Å². The molecule has 1 aliphatic rings. The zero-order valence-electron chi connectivity index (χ0n) is 18.5. The molecule has 1 fully saturated rings. The molecule has 0 bridgehead atoms. The Labute approximate surface area is 212 Å². The molecule has 2 aromatic heterocycles. The quantitative estimate of drug-likeness (QED) is 0.409. The molecule has 12 heteroatoms. The number of nitrogens with zero attached hydrogens (tertiary/aromatic N) is 2. The van der Waals surface area contributed by atoms with Crippen molar-refractivity contribution in [3.63, 3.8) is 0 Å². The topological polar surface area (TPSA) is 103 Å². The molecule has 3 heterocycles. The van der Waals surface area contributed by atoms with Crippen molar-refractivity contribution in [1.82, 2.24) is 19.9 Å². The van der Waals surface area contributed by atoms with Crippen LogP contribution >= 0.6 is 34.5 Å². The highest BCUT2D eigenvalue weighted by Crippen LogP contribution is 2.35. The van der Waals surface area contributed by atoms with E-state index in [1.54, 1.807) is 0 Å². The summed E-state index contributed by atoms with van der Waals surface area (Å²) < 4.78 is 28.0. The second-order valence-electron chi connectivity index (χ2n) is 8.13. The van der Waals surface area contributed by atoms with E-state index in [1.165, 1.54) is 5.38 Å². The van der Waals surface area contributed by atoms with Gasteiger partial charge in [0, 0.05) is 35.6 Å². The van der Waals surface area contributed by atoms with Gasteiger partial charge in [-0.1, -0.05) is 41.4 Å². The highest BCUT2D eigenvalue weighted by molar-refractivity contribution is 7.91. The number of nitrogens with one attached hydrogen (secondary N) is 3. The summed E-state index contributed by atoms with van der Waals surface area (Å²) in [6.07, 6.45) is 1.34. The van der Waals surface area contributed by atoms with Crippen LogP contribution in [0, 0.1) is 6.92 Å². The van der Waals surface area contributed by atoms with E-state index in [2.05, 4.69) is 25.2 Å². The highest BCUT2D eigenvalue weighted by Gasteiger charge is 2.28. The van der Waals surface area contributed by atoms with E-state index in [1.807, 2.05) is 37.3 Å². The fourth-order valence-corrected chi connectivity index (χ4v) is 7.30. The Bertz CT molecular complexity index is 1290. The Kier molecular flexibility index (Phi) is 7.96. The Morgan fingerprint density at radius 3 is 2.68 bits per heavy atom. The summed E-state index contributed by atoms with van der Waals surface area (Å²) in [5.41, 5.74) is 2.39. The van der Waals surface area contributed by atoms with Gasteiger partial charge >= 0.3 is 6.03 Å². The number of urea groups is 1. The summed E-state index contributed by atoms with van der Waals surface area (Å²) in [6, 6.07) is 9.08. The van der Waals surface area contributed by atoms with Crippen molar-refractivity contribution in [1.29, 1.82) is 0 Å². The molecule has 4 rings (SSSR count). The normalized spacial score (nSPS) is 15.5. The predicted octanol–water partition coefficient (Wildman–Crippen LogP) is 4.48. The van der Waals surface area contributed by atoms with Gasteiger partial charge in [0.15, 0.2) is 4.21 Å². The Balaban J connectivity index is 1.22. The van der Waals surface area contributed by atoms with Crippen molar-refractivity contribution >= 4 is 67.2 Å². The van der Waals surface area contributed by atoms with E-state index in [-0.39, 0.29) is 26.3 Å². The summed E-state index contributed by atoms with van der Waals surface area (Å²) in [6.45, 7) is 4.50. The average molecular weight is 543 g/mol. The van der Waals surface area contributed by atoms with Crippen molar-refractivity contribution in [3.8, 4) is 0 Å². The van der Waals surface area contributed by atoms with E-state index < -0.39 is 10.0 Å². The van der Waals surface area contributed by atoms with Crippen LogP contribution in [0.25, 0.3) is 10.9 Å². The summed E-state index contributed by atoms with van der Waals surface area (Å²) in [5.74, 6) is 0. The Morgan fingerprint density at radius 2 is 1.97 bits per heavy atom. The molecule has 1 aromatic carbocycles. The van der Waals surface area contributed by atoms with Gasteiger partial charge in [-0.05, 0) is 45.0 Å². The first-order valence-corrected chi connectivity index (χ1v) is 13.9. The van der Waals surface area contributed by atoms with Gasteiger partial charge in [0.05, 0.1) is 21.2 Å². The number of benzene rings is 1. The van der Waals surface area contributed by atoms with Gasteiger partial charge in [0.2, 0.25) is 0 Å². The molecule has 0 spiro atoms. The van der Waals surface area contributed by atoms with Gasteiger partial charge in [-0.25, -0.2) is 17.9 Å². The number of likely N-dealkylation sites (tertiary alicyclic amines) is 1. The van der Waals surface area contributed by atoms with Crippen molar-refractivity contribution in [2.75, 3.05) is 31.5 Å². The molecule has 0 unspecified atom stereocenters. The largest absolute Gasteiger partial charge is 0.337 e. The minimum Gasteiger partial charge on any atom is -0.337 e. The molecule has 0 atom stereocenters. The lowest BCUT2D eigenvalue weighted by molar-refractivity contribution is 0.206. The van der Waals surface area contributed by atoms with E-state index in [9.17, 15) is 13.2 Å². The molecular formula is C22H25Cl2N5O3S2. The van der Waals surface area contributed by atoms with Crippen LogP contribution in [-0.4, -0.2) is 56.6 Å². The SMILES string of the molecule is Cc1cc(NC(=O)NCCN2CCC(NS(=O)(=O)c3scc(Cl)c3Cl)CC2)c2ccccc2n1. The van der Waals surface area contributed by atoms with Crippen LogP contribution in [0.4, 0.5) is 10.5 Å². The highest BCUT2D eigenvalue weighted by atomic mass is 35.5. The molecule has 3 N–H and O–H groups in total. The van der Waals surface area contributed by atoms with Crippen LogP contribution in [0.1, 0.15) is 18.5 Å². The molecule has 3 aromatic rings. The van der Waals surface area contributed by atoms with Gasteiger partial charge in [0.25, 0.3) is 10.0 Å². The number of rotatable bonds is 7. The molecular weight excluding hydrogens is 517 g/mol. The van der Waals surface area contributed by atoms with E-state index in [0.29, 0.717) is 25.9 Å². The minimum absolute atomic E-state index is 0.0500. The lowest BCUT2D eigenvalue weighted by Crippen LogP contribution is -2.46. The Morgan fingerprint density at radius 1 is 1.24 bits per heavy atom. The Hall–Kier alpha value is -1.95. The number of sulfonamides is 1. The summed E-state index contributed by atoms with van der Waals surface area (Å²) >= 11 is 12.9. The maximum atomic E-state index is 12.6. The van der Waals surface area contributed by atoms with Gasteiger partial charge in [0.1, 0.15) is 0 Å². The van der Waals surface area contributed by atoms with Crippen molar-refractivity contribution in [2.24, 2.45) is 0 Å². The van der Waals surface area contributed by atoms with Crippen LogP contribution < -0.4 is 15.4 Å². The van der Waals surface area contributed by atoms with Gasteiger partial charge in [-0.3, -0.25) is 4.98 Å². The number of hydrogen-bond acceptors (Lipinski definition) is 6. The van der Waals surface area contributed by atoms with Crippen LogP contribution in [0.5, 0.6) is 0 Å². The monoisotopic (exact) mass is 541 g/mol. The first-order valence-electron chi connectivity index (χ1n) is 10.8. The fourth-order valence-electron chi connectivity index (χ4n) is 3.94. The number of para-hydroxylation sites is 1. The number of carbonyl (C=O) groups excluding carboxylic acids is 1. The number of anilines is 1. The zero-order chi connectivity index (χ0) is 24.3. The molecule has 1 saturated heterocycles. The first kappa shape index (κ1) is 25.2. The van der Waals surface area contributed by atoms with Crippen molar-refractivity contribution < 1.29 is 13.2 Å². The summed E-state index contributed by atoms with van der Waals surface area (Å²) in [5, 5.41) is 8.52. The molecule has 2 amide bonds. The third-order valence-corrected chi connectivity index (χ3v) is 9.81. The molecule has 0 saturated carbocycles. The molecule has 0 radical (unpaired) electrons. The standard InChI is InChI=1S/C22H25Cl2N5O3S2/c1-14-12-19(16-4-2-3-5-18(16)26-14)27-22(30)25-8-11-29-9-6-15(7-10-29)28-34(31,32)21-20(24)17(23)13-33-21/h2-5,12-13,15,28H,6-11H2,1H3,(H2,25,26,27,30). The predicted molar refractivity (Wildman–Crippen MR) is 138 cm³/mol. The second kappa shape index (κ2) is 10.8. The second-order valence-corrected chi connectivity index (χ2v) is 11.7. The van der Waals surface area contributed by atoms with Gasteiger partial charge in [-0.15, -0.1) is 11.3 Å². The summed E-state index contributed by atoms with van der Waals surface area (Å²) in [7, 11) is -3.70. The van der Waals surface area contributed by atoms with E-state index in [4.69, 9.17) is 23.2 Å². The lowest BCUT2D eigenvalue weighted by atomic mass is 10.1. The number of halogens is 2. The smallest absolute Gasteiger partial charge is 0.319 e. The van der Waals surface area contributed by atoms with Crippen molar-refractivity contribution in [3.05, 3.63) is 51.5 Å². The minimum atomic E-state index is -3.70. The van der Waals surface area contributed by atoms with Gasteiger partial charge < -0.3 is 15.5 Å². The molecule has 34 heavy (non-hydrogen) atoms. The number of pyridine rings is 1. The maximum absolute atomic E-state index is 12.6. The maximum Gasteiger partial charge on any atom is 0.319 e. The first-order chi connectivity index (χ1) is 16.2. The van der Waals surface area contributed by atoms with E-state index in [0.717, 1.165) is 46.7 Å². The van der Waals surface area contributed by atoms with Gasteiger partial charge in [-0.2, -0.15) is 0 Å². The number of piperidine rings is 1. The van der Waals surface area contributed by atoms with Crippen molar-refractivity contribution in [2.45, 2.75) is 30.0 Å². The number of hydrogen-bond donors (Lipinski definition) is 3. The molecule has 8 nitrogen and oxygen atoms in total. The zero-order valence-corrected chi connectivity index (χ0v) is 21.6. The number of fused-ring (bicyclic) bond motifs is 1. The number of thiophene rings is 1. The number of aryl methyl sites for hydroxylation is 1. The molecule has 1 aliphatic heterocycles. The third-order valence-electron chi connectivity index (χ3n) is 5.62. The molecule has 0 aliphatic carbocycles. The molecule has 182 valence electrons. The summed E-state index contributed by atoms with van der Waals surface area (Å²) in [4.78, 5) is 19.1. The average Bonchev–Trinajstić information content (AvgIpc) is 3.14. The fraction of sp³-hybridized carbons (Fsp3) is 0.364. The lowest BCUT2D eigenvalue weighted by Gasteiger charge is -2.32. The number of aromatic nitrogens is 1. The number of amides is 2. The third kappa shape index (κ3) is 5.99. The van der Waals surface area contributed by atoms with E-state index >= 15 is 0 Å². The number of carbonyl (C=O) groups is 1. The van der Waals surface area contributed by atoms with Crippen LogP contribution in [0.15, 0.2) is 39.9 Å². The van der Waals surface area contributed by atoms with Crippen LogP contribution in [0.2, 0.25) is 10.0 Å².